The van der Waals surface area contributed by atoms with Crippen molar-refractivity contribution in [3.8, 4) is 5.75 Å². The molecule has 6 heteroatoms. The monoisotopic (exact) mass is 295 g/mol. The zero-order valence-corrected chi connectivity index (χ0v) is 11.0. The Bertz CT molecular complexity index is 664. The number of hydrogen-bond acceptors (Lipinski definition) is 2. The molecule has 3 nitrogen and oxygen atoms in total. The molecule has 110 valence electrons. The zero-order valence-electron chi connectivity index (χ0n) is 11.0. The highest BCUT2D eigenvalue weighted by molar-refractivity contribution is 6.04. The van der Waals surface area contributed by atoms with Gasteiger partial charge in [0.05, 0.1) is 5.56 Å². The van der Waals surface area contributed by atoms with Gasteiger partial charge in [0.25, 0.3) is 5.91 Å². The molecule has 0 radical (unpaired) electrons. The van der Waals surface area contributed by atoms with E-state index in [1.165, 1.54) is 30.3 Å². The molecule has 2 N–H and O–H groups in total. The highest BCUT2D eigenvalue weighted by Gasteiger charge is 2.30. The number of nitrogens with one attached hydrogen (secondary N) is 1. The predicted octanol–water partition coefficient (Wildman–Crippen LogP) is 3.97. The molecule has 0 aromatic heterocycles. The second-order valence-corrected chi connectivity index (χ2v) is 4.53. The Hall–Kier alpha value is -2.50. The lowest BCUT2D eigenvalue weighted by atomic mass is 10.1. The van der Waals surface area contributed by atoms with Crippen LogP contribution >= 0.6 is 0 Å². The van der Waals surface area contributed by atoms with Gasteiger partial charge in [0.2, 0.25) is 0 Å². The van der Waals surface area contributed by atoms with E-state index in [-0.39, 0.29) is 17.0 Å². The molecule has 0 aliphatic heterocycles. The fraction of sp³-hybridized carbons (Fsp3) is 0.133. The maximum atomic E-state index is 12.7. The number of benzene rings is 2. The van der Waals surface area contributed by atoms with Crippen LogP contribution in [-0.2, 0) is 6.18 Å². The van der Waals surface area contributed by atoms with Crippen molar-refractivity contribution < 1.29 is 23.1 Å². The molecule has 2 aromatic carbocycles. The Kier molecular flexibility index (Phi) is 3.88. The van der Waals surface area contributed by atoms with Crippen LogP contribution < -0.4 is 5.32 Å². The lowest BCUT2D eigenvalue weighted by Crippen LogP contribution is -2.14. The smallest absolute Gasteiger partial charge is 0.416 e. The van der Waals surface area contributed by atoms with Gasteiger partial charge in [0.15, 0.2) is 0 Å². The van der Waals surface area contributed by atoms with Gasteiger partial charge in [-0.25, -0.2) is 0 Å². The average Bonchev–Trinajstić information content (AvgIpc) is 2.40. The maximum absolute atomic E-state index is 12.7. The molecule has 0 saturated heterocycles. The van der Waals surface area contributed by atoms with Crippen LogP contribution in [0.3, 0.4) is 0 Å². The highest BCUT2D eigenvalue weighted by Crippen LogP contribution is 2.32. The van der Waals surface area contributed by atoms with Crippen LogP contribution in [0.25, 0.3) is 0 Å². The summed E-state index contributed by atoms with van der Waals surface area (Å²) < 4.78 is 38.0. The van der Waals surface area contributed by atoms with Crippen molar-refractivity contribution in [3.63, 3.8) is 0 Å². The van der Waals surface area contributed by atoms with Crippen LogP contribution in [0.1, 0.15) is 21.5 Å². The van der Waals surface area contributed by atoms with Crippen molar-refractivity contribution in [1.82, 2.24) is 0 Å². The molecule has 0 saturated carbocycles. The summed E-state index contributed by atoms with van der Waals surface area (Å²) in [5.41, 5.74) is 0.0387. The number of carbonyl (C=O) groups is 1. The summed E-state index contributed by atoms with van der Waals surface area (Å²) in [7, 11) is 0. The highest BCUT2D eigenvalue weighted by atomic mass is 19.4. The van der Waals surface area contributed by atoms with Crippen LogP contribution in [0.15, 0.2) is 42.5 Å². The lowest BCUT2D eigenvalue weighted by molar-refractivity contribution is -0.137. The Morgan fingerprint density at radius 1 is 1.10 bits per heavy atom. The van der Waals surface area contributed by atoms with E-state index in [2.05, 4.69) is 5.32 Å². The van der Waals surface area contributed by atoms with Crippen molar-refractivity contribution in [3.05, 3.63) is 59.2 Å². The number of aryl methyl sites for hydroxylation is 1. The van der Waals surface area contributed by atoms with Crippen molar-refractivity contribution >= 4 is 11.6 Å². The van der Waals surface area contributed by atoms with Gasteiger partial charge >= 0.3 is 6.18 Å². The first-order valence-electron chi connectivity index (χ1n) is 6.05. The van der Waals surface area contributed by atoms with Crippen LogP contribution in [-0.4, -0.2) is 11.0 Å². The standard InChI is InChI=1S/C15H12F3NO2/c1-9-2-5-11(15(16,17)18)8-13(9)19-14(21)10-3-6-12(20)7-4-10/h2-8,20H,1H3,(H,19,21). The average molecular weight is 295 g/mol. The van der Waals surface area contributed by atoms with Gasteiger partial charge in [-0.05, 0) is 48.9 Å². The van der Waals surface area contributed by atoms with Gasteiger partial charge < -0.3 is 10.4 Å². The zero-order chi connectivity index (χ0) is 15.6. The van der Waals surface area contributed by atoms with Gasteiger partial charge in [-0.1, -0.05) is 6.07 Å². The number of alkyl halides is 3. The van der Waals surface area contributed by atoms with Crippen molar-refractivity contribution in [1.29, 1.82) is 0 Å². The second kappa shape index (κ2) is 5.47. The lowest BCUT2D eigenvalue weighted by Gasteiger charge is -2.12. The first-order valence-corrected chi connectivity index (χ1v) is 6.05. The van der Waals surface area contributed by atoms with E-state index in [0.29, 0.717) is 5.56 Å². The maximum Gasteiger partial charge on any atom is 0.416 e. The molecule has 0 aliphatic rings. The predicted molar refractivity (Wildman–Crippen MR) is 72.2 cm³/mol. The molecule has 0 atom stereocenters. The fourth-order valence-corrected chi connectivity index (χ4v) is 1.74. The second-order valence-electron chi connectivity index (χ2n) is 4.53. The molecule has 2 rings (SSSR count). The van der Waals surface area contributed by atoms with Crippen LogP contribution in [0.5, 0.6) is 5.75 Å². The van der Waals surface area contributed by atoms with E-state index in [9.17, 15) is 18.0 Å². The third-order valence-corrected chi connectivity index (χ3v) is 2.94. The number of phenols is 1. The number of hydrogen-bond donors (Lipinski definition) is 2. The van der Waals surface area contributed by atoms with Crippen molar-refractivity contribution in [2.45, 2.75) is 13.1 Å². The van der Waals surface area contributed by atoms with Gasteiger partial charge in [-0.3, -0.25) is 4.79 Å². The van der Waals surface area contributed by atoms with Crippen LogP contribution in [0.2, 0.25) is 0 Å². The molecule has 21 heavy (non-hydrogen) atoms. The third-order valence-electron chi connectivity index (χ3n) is 2.94. The Labute approximate surface area is 119 Å². The molecule has 0 heterocycles. The molecule has 0 aliphatic carbocycles. The Morgan fingerprint density at radius 3 is 2.29 bits per heavy atom. The first kappa shape index (κ1) is 14.9. The molecule has 0 spiro atoms. The largest absolute Gasteiger partial charge is 0.508 e. The summed E-state index contributed by atoms with van der Waals surface area (Å²) in [5.74, 6) is -0.542. The minimum atomic E-state index is -4.47. The number of carbonyl (C=O) groups excluding carboxylic acids is 1. The van der Waals surface area contributed by atoms with Gasteiger partial charge in [-0.15, -0.1) is 0 Å². The van der Waals surface area contributed by atoms with Crippen molar-refractivity contribution in [2.24, 2.45) is 0 Å². The summed E-state index contributed by atoms with van der Waals surface area (Å²) in [5, 5.41) is 11.6. The normalized spacial score (nSPS) is 11.2. The summed E-state index contributed by atoms with van der Waals surface area (Å²) in [6.45, 7) is 1.60. The first-order chi connectivity index (χ1) is 9.77. The molecule has 1 amide bonds. The van der Waals surface area contributed by atoms with Gasteiger partial charge in [0.1, 0.15) is 5.75 Å². The van der Waals surface area contributed by atoms with Crippen LogP contribution in [0, 0.1) is 6.92 Å². The van der Waals surface area contributed by atoms with E-state index in [0.717, 1.165) is 12.1 Å². The number of amides is 1. The van der Waals surface area contributed by atoms with Gasteiger partial charge in [-0.2, -0.15) is 13.2 Å². The minimum absolute atomic E-state index is 0.00167. The third kappa shape index (κ3) is 3.53. The molecule has 0 unspecified atom stereocenters. The molecule has 0 bridgehead atoms. The summed E-state index contributed by atoms with van der Waals surface area (Å²) >= 11 is 0. The quantitative estimate of drug-likeness (QED) is 0.880. The number of anilines is 1. The fourth-order valence-electron chi connectivity index (χ4n) is 1.74. The SMILES string of the molecule is Cc1ccc(C(F)(F)F)cc1NC(=O)c1ccc(O)cc1. The molecular formula is C15H12F3NO2. The number of halogens is 3. The Balaban J connectivity index is 2.26. The molecule has 2 aromatic rings. The number of phenolic OH excluding ortho intramolecular Hbond substituents is 1. The molecular weight excluding hydrogens is 283 g/mol. The summed E-state index contributed by atoms with van der Waals surface area (Å²) in [6, 6.07) is 8.58. The van der Waals surface area contributed by atoms with E-state index >= 15 is 0 Å². The van der Waals surface area contributed by atoms with E-state index < -0.39 is 17.6 Å². The van der Waals surface area contributed by atoms with Gasteiger partial charge in [0, 0.05) is 11.3 Å². The summed E-state index contributed by atoms with van der Waals surface area (Å²) in [6.07, 6.45) is -4.47. The number of rotatable bonds is 2. The van der Waals surface area contributed by atoms with E-state index in [1.807, 2.05) is 0 Å². The Morgan fingerprint density at radius 2 is 1.71 bits per heavy atom. The van der Waals surface area contributed by atoms with E-state index in [1.54, 1.807) is 6.92 Å². The minimum Gasteiger partial charge on any atom is -0.508 e. The van der Waals surface area contributed by atoms with Crippen LogP contribution in [0.4, 0.5) is 18.9 Å². The number of aromatic hydroxyl groups is 1. The van der Waals surface area contributed by atoms with Crippen molar-refractivity contribution in [2.75, 3.05) is 5.32 Å². The summed E-state index contributed by atoms with van der Waals surface area (Å²) in [4.78, 5) is 12.0. The molecule has 0 fully saturated rings. The topological polar surface area (TPSA) is 49.3 Å². The van der Waals surface area contributed by atoms with E-state index in [4.69, 9.17) is 5.11 Å².